The van der Waals surface area contributed by atoms with Crippen LogP contribution in [0.4, 0.5) is 4.39 Å². The maximum absolute atomic E-state index is 13.7. The molecule has 0 saturated carbocycles. The smallest absolute Gasteiger partial charge is 0.244 e. The first-order valence-electron chi connectivity index (χ1n) is 9.74. The van der Waals surface area contributed by atoms with Crippen molar-refractivity contribution in [1.29, 1.82) is 0 Å². The number of carbonyl (C=O) groups excluding carboxylic acids is 1. The van der Waals surface area contributed by atoms with Crippen LogP contribution in [0, 0.1) is 5.82 Å². The van der Waals surface area contributed by atoms with Crippen LogP contribution in [0.1, 0.15) is 36.0 Å². The summed E-state index contributed by atoms with van der Waals surface area (Å²) in [7, 11) is 1.42. The molecule has 1 heterocycles. The Balaban J connectivity index is 1.56. The molecule has 1 N–H and O–H groups in total. The predicted octanol–water partition coefficient (Wildman–Crippen LogP) is 4.15. The van der Waals surface area contributed by atoms with E-state index < -0.39 is 5.82 Å². The number of nitrogens with zero attached hydrogens (tertiary/aromatic N) is 1. The van der Waals surface area contributed by atoms with E-state index in [1.807, 2.05) is 12.1 Å². The standard InChI is InChI=1S/C23H27FN2O2/c1-28-22-11-9-18(15-21(22)24)10-12-23(27)25-16-19-7-3-4-8-20(19)17-26-13-5-2-6-14-26/h3-4,7-12,15H,2,5-6,13-14,16-17H2,1H3,(H,25,27)/b12-10+. The molecule has 0 radical (unpaired) electrons. The number of carbonyl (C=O) groups is 1. The Morgan fingerprint density at radius 3 is 2.61 bits per heavy atom. The van der Waals surface area contributed by atoms with Crippen molar-refractivity contribution in [3.05, 3.63) is 71.0 Å². The maximum Gasteiger partial charge on any atom is 0.244 e. The van der Waals surface area contributed by atoms with Crippen LogP contribution >= 0.6 is 0 Å². The second kappa shape index (κ2) is 10.0. The lowest BCUT2D eigenvalue weighted by atomic mass is 10.0. The van der Waals surface area contributed by atoms with Crippen LogP contribution in [0.2, 0.25) is 0 Å². The van der Waals surface area contributed by atoms with E-state index in [9.17, 15) is 9.18 Å². The summed E-state index contributed by atoms with van der Waals surface area (Å²) in [4.78, 5) is 14.6. The Hall–Kier alpha value is -2.66. The third-order valence-electron chi connectivity index (χ3n) is 5.02. The van der Waals surface area contributed by atoms with Crippen molar-refractivity contribution in [3.8, 4) is 5.75 Å². The fraction of sp³-hybridized carbons (Fsp3) is 0.348. The largest absolute Gasteiger partial charge is 0.494 e. The highest BCUT2D eigenvalue weighted by molar-refractivity contribution is 5.91. The average molecular weight is 382 g/mol. The summed E-state index contributed by atoms with van der Waals surface area (Å²) >= 11 is 0. The number of hydrogen-bond acceptors (Lipinski definition) is 3. The zero-order valence-corrected chi connectivity index (χ0v) is 16.3. The minimum Gasteiger partial charge on any atom is -0.494 e. The van der Waals surface area contributed by atoms with Gasteiger partial charge in [0.1, 0.15) is 0 Å². The Morgan fingerprint density at radius 1 is 1.14 bits per heavy atom. The molecule has 28 heavy (non-hydrogen) atoms. The molecular weight excluding hydrogens is 355 g/mol. The highest BCUT2D eigenvalue weighted by atomic mass is 19.1. The average Bonchev–Trinajstić information content (AvgIpc) is 2.72. The third kappa shape index (κ3) is 5.67. The van der Waals surface area contributed by atoms with Crippen LogP contribution in [0.3, 0.4) is 0 Å². The molecule has 0 aromatic heterocycles. The van der Waals surface area contributed by atoms with Crippen LogP contribution in [0.25, 0.3) is 6.08 Å². The van der Waals surface area contributed by atoms with Gasteiger partial charge in [-0.05, 0) is 60.8 Å². The molecule has 1 amide bonds. The van der Waals surface area contributed by atoms with Crippen LogP contribution in [0.5, 0.6) is 5.75 Å². The van der Waals surface area contributed by atoms with Crippen molar-refractivity contribution < 1.29 is 13.9 Å². The topological polar surface area (TPSA) is 41.6 Å². The Labute approximate surface area is 166 Å². The number of halogens is 1. The number of piperidine rings is 1. The molecule has 0 bridgehead atoms. The number of hydrogen-bond donors (Lipinski definition) is 1. The van der Waals surface area contributed by atoms with Crippen molar-refractivity contribution in [1.82, 2.24) is 10.2 Å². The van der Waals surface area contributed by atoms with Gasteiger partial charge in [-0.25, -0.2) is 4.39 Å². The molecule has 1 aliphatic rings. The van der Waals surface area contributed by atoms with E-state index in [1.54, 1.807) is 18.2 Å². The lowest BCUT2D eigenvalue weighted by Gasteiger charge is -2.27. The van der Waals surface area contributed by atoms with Crippen molar-refractivity contribution in [3.63, 3.8) is 0 Å². The van der Waals surface area contributed by atoms with E-state index in [1.165, 1.54) is 44.1 Å². The van der Waals surface area contributed by atoms with Crippen molar-refractivity contribution in [2.75, 3.05) is 20.2 Å². The van der Waals surface area contributed by atoms with E-state index in [0.29, 0.717) is 12.1 Å². The summed E-state index contributed by atoms with van der Waals surface area (Å²) in [6.07, 6.45) is 6.86. The SMILES string of the molecule is COc1ccc(/C=C/C(=O)NCc2ccccc2CN2CCCCC2)cc1F. The third-order valence-corrected chi connectivity index (χ3v) is 5.02. The summed E-state index contributed by atoms with van der Waals surface area (Å²) in [5.74, 6) is -0.465. The predicted molar refractivity (Wildman–Crippen MR) is 109 cm³/mol. The molecular formula is C23H27FN2O2. The summed E-state index contributed by atoms with van der Waals surface area (Å²) in [5, 5.41) is 2.92. The number of benzene rings is 2. The van der Waals surface area contributed by atoms with Gasteiger partial charge >= 0.3 is 0 Å². The first kappa shape index (κ1) is 20.1. The van der Waals surface area contributed by atoms with Gasteiger partial charge in [0.25, 0.3) is 0 Å². The molecule has 3 rings (SSSR count). The highest BCUT2D eigenvalue weighted by Gasteiger charge is 2.12. The Kier molecular flexibility index (Phi) is 7.20. The summed E-state index contributed by atoms with van der Waals surface area (Å²) in [6, 6.07) is 12.8. The number of likely N-dealkylation sites (tertiary alicyclic amines) is 1. The second-order valence-electron chi connectivity index (χ2n) is 7.05. The van der Waals surface area contributed by atoms with E-state index >= 15 is 0 Å². The molecule has 5 heteroatoms. The lowest BCUT2D eigenvalue weighted by molar-refractivity contribution is -0.116. The van der Waals surface area contributed by atoms with Gasteiger partial charge in [-0.1, -0.05) is 36.8 Å². The zero-order valence-electron chi connectivity index (χ0n) is 16.3. The summed E-state index contributed by atoms with van der Waals surface area (Å²) in [6.45, 7) is 3.68. The fourth-order valence-electron chi connectivity index (χ4n) is 3.44. The molecule has 0 aliphatic carbocycles. The maximum atomic E-state index is 13.7. The molecule has 148 valence electrons. The number of amides is 1. The molecule has 1 aliphatic heterocycles. The van der Waals surface area contributed by atoms with Gasteiger partial charge in [0.05, 0.1) is 7.11 Å². The Bertz CT molecular complexity index is 829. The molecule has 0 atom stereocenters. The number of ether oxygens (including phenoxy) is 1. The fourth-order valence-corrected chi connectivity index (χ4v) is 3.44. The summed E-state index contributed by atoms with van der Waals surface area (Å²) < 4.78 is 18.6. The van der Waals surface area contributed by atoms with Gasteiger partial charge < -0.3 is 10.1 Å². The van der Waals surface area contributed by atoms with Gasteiger partial charge in [0.2, 0.25) is 5.91 Å². The van der Waals surface area contributed by atoms with Crippen molar-refractivity contribution >= 4 is 12.0 Å². The minimum absolute atomic E-state index is 0.187. The number of methoxy groups -OCH3 is 1. The van der Waals surface area contributed by atoms with E-state index in [2.05, 4.69) is 22.3 Å². The van der Waals surface area contributed by atoms with Crippen molar-refractivity contribution in [2.24, 2.45) is 0 Å². The molecule has 2 aromatic rings. The lowest BCUT2D eigenvalue weighted by Crippen LogP contribution is -2.30. The van der Waals surface area contributed by atoms with Gasteiger partial charge in [0, 0.05) is 19.2 Å². The van der Waals surface area contributed by atoms with Gasteiger partial charge in [-0.15, -0.1) is 0 Å². The molecule has 1 saturated heterocycles. The van der Waals surface area contributed by atoms with Crippen LogP contribution in [-0.4, -0.2) is 31.0 Å². The number of nitrogens with one attached hydrogen (secondary N) is 1. The van der Waals surface area contributed by atoms with Crippen LogP contribution < -0.4 is 10.1 Å². The molecule has 1 fully saturated rings. The minimum atomic E-state index is -0.448. The molecule has 4 nitrogen and oxygen atoms in total. The van der Waals surface area contributed by atoms with Crippen molar-refractivity contribution in [2.45, 2.75) is 32.4 Å². The van der Waals surface area contributed by atoms with E-state index in [4.69, 9.17) is 4.74 Å². The normalized spacial score (nSPS) is 14.9. The van der Waals surface area contributed by atoms with Crippen LogP contribution in [-0.2, 0) is 17.9 Å². The first-order chi connectivity index (χ1) is 13.7. The van der Waals surface area contributed by atoms with E-state index in [0.717, 1.165) is 25.2 Å². The second-order valence-corrected chi connectivity index (χ2v) is 7.05. The summed E-state index contributed by atoms with van der Waals surface area (Å²) in [5.41, 5.74) is 3.00. The zero-order chi connectivity index (χ0) is 19.8. The van der Waals surface area contributed by atoms with Gasteiger partial charge in [-0.2, -0.15) is 0 Å². The molecule has 0 unspecified atom stereocenters. The number of rotatable bonds is 7. The van der Waals surface area contributed by atoms with Crippen LogP contribution in [0.15, 0.2) is 48.5 Å². The Morgan fingerprint density at radius 2 is 1.89 bits per heavy atom. The monoisotopic (exact) mass is 382 g/mol. The molecule has 2 aromatic carbocycles. The quantitative estimate of drug-likeness (QED) is 0.732. The highest BCUT2D eigenvalue weighted by Crippen LogP contribution is 2.18. The molecule has 0 spiro atoms. The van der Waals surface area contributed by atoms with Gasteiger partial charge in [0.15, 0.2) is 11.6 Å². The first-order valence-corrected chi connectivity index (χ1v) is 9.74. The van der Waals surface area contributed by atoms with Gasteiger partial charge in [-0.3, -0.25) is 9.69 Å². The van der Waals surface area contributed by atoms with E-state index in [-0.39, 0.29) is 11.7 Å².